The van der Waals surface area contributed by atoms with Gasteiger partial charge in [-0.05, 0) is 56.3 Å². The van der Waals surface area contributed by atoms with E-state index in [0.29, 0.717) is 19.3 Å². The Kier molecular flexibility index (Phi) is 7.78. The summed E-state index contributed by atoms with van der Waals surface area (Å²) in [4.78, 5) is 13.3. The number of carbonyl (C=O) groups excluding carboxylic acids is 1. The van der Waals surface area contributed by atoms with E-state index in [-0.39, 0.29) is 36.2 Å². The fraction of sp³-hybridized carbons (Fsp3) is 0.885. The molecule has 3 fully saturated rings. The lowest BCUT2D eigenvalue weighted by atomic mass is 9.44. The molecular weight excluding hydrogens is 472 g/mol. The van der Waals surface area contributed by atoms with Gasteiger partial charge >= 0.3 is 0 Å². The fourth-order valence-corrected chi connectivity index (χ4v) is 7.62. The van der Waals surface area contributed by atoms with E-state index in [4.69, 9.17) is 9.47 Å². The van der Waals surface area contributed by atoms with Crippen LogP contribution >= 0.6 is 0 Å². The number of ether oxygens (including phenoxy) is 2. The topological polar surface area (TPSA) is 177 Å². The Morgan fingerprint density at radius 1 is 1.06 bits per heavy atom. The first kappa shape index (κ1) is 28.1. The number of aliphatic hydroxyl groups excluding tert-OH is 7. The number of fused-ring (bicyclic) bond motifs is 3. The monoisotopic (exact) mass is 514 g/mol. The quantitative estimate of drug-likeness (QED) is 0.223. The molecule has 36 heavy (non-hydrogen) atoms. The molecule has 206 valence electrons. The van der Waals surface area contributed by atoms with E-state index in [9.17, 15) is 40.5 Å². The van der Waals surface area contributed by atoms with Crippen molar-refractivity contribution in [3.63, 3.8) is 0 Å². The van der Waals surface area contributed by atoms with Crippen molar-refractivity contribution in [2.45, 2.75) is 95.8 Å². The molecule has 1 saturated heterocycles. The van der Waals surface area contributed by atoms with Crippen LogP contribution in [0.2, 0.25) is 0 Å². The highest BCUT2D eigenvalue weighted by molar-refractivity contribution is 5.87. The molecule has 1 aliphatic heterocycles. The van der Waals surface area contributed by atoms with Crippen molar-refractivity contribution < 1.29 is 50.0 Å². The second-order valence-electron chi connectivity index (χ2n) is 12.1. The minimum atomic E-state index is -1.57. The van der Waals surface area contributed by atoms with Gasteiger partial charge in [-0.25, -0.2) is 0 Å². The Labute approximate surface area is 211 Å². The zero-order valence-electron chi connectivity index (χ0n) is 21.3. The van der Waals surface area contributed by atoms with Crippen LogP contribution in [0.4, 0.5) is 0 Å². The fourth-order valence-electron chi connectivity index (χ4n) is 7.62. The summed E-state index contributed by atoms with van der Waals surface area (Å²) in [6, 6.07) is 0. The van der Waals surface area contributed by atoms with Crippen molar-refractivity contribution in [1.29, 1.82) is 0 Å². The van der Waals surface area contributed by atoms with Crippen molar-refractivity contribution in [2.75, 3.05) is 19.8 Å². The van der Waals surface area contributed by atoms with E-state index in [2.05, 4.69) is 6.92 Å². The molecule has 2 saturated carbocycles. The van der Waals surface area contributed by atoms with Gasteiger partial charge in [0, 0.05) is 10.8 Å². The summed E-state index contributed by atoms with van der Waals surface area (Å²) in [5.41, 5.74) is -0.783. The van der Waals surface area contributed by atoms with Crippen LogP contribution in [-0.4, -0.2) is 104 Å². The van der Waals surface area contributed by atoms with Gasteiger partial charge in [0.15, 0.2) is 12.1 Å². The molecule has 0 radical (unpaired) electrons. The number of Topliss-reactive ketones (excluding diaryl/α,β-unsaturated/α-hetero) is 1. The summed E-state index contributed by atoms with van der Waals surface area (Å²) in [7, 11) is 0. The highest BCUT2D eigenvalue weighted by Crippen LogP contribution is 2.63. The molecule has 0 unspecified atom stereocenters. The lowest BCUT2D eigenvalue weighted by Crippen LogP contribution is -2.62. The summed E-state index contributed by atoms with van der Waals surface area (Å²) in [5.74, 6) is -0.0568. The Morgan fingerprint density at radius 3 is 2.39 bits per heavy atom. The molecule has 10 heteroatoms. The third-order valence-corrected chi connectivity index (χ3v) is 9.91. The first-order chi connectivity index (χ1) is 16.8. The van der Waals surface area contributed by atoms with Crippen LogP contribution < -0.4 is 0 Å². The minimum absolute atomic E-state index is 0.0325. The molecule has 0 spiro atoms. The lowest BCUT2D eigenvalue weighted by Gasteiger charge is -2.62. The van der Waals surface area contributed by atoms with E-state index < -0.39 is 60.4 Å². The Morgan fingerprint density at radius 2 is 1.75 bits per heavy atom. The molecule has 0 aromatic heterocycles. The van der Waals surface area contributed by atoms with Gasteiger partial charge in [0.25, 0.3) is 0 Å². The molecule has 10 nitrogen and oxygen atoms in total. The SMILES string of the molecule is C[C@]12C[C@@H](O)[C@@H](O)[C@](C)(CO)[C@@H]1CCC1=C[C@](C)(C(=O)CO[C@@H]3O[C@H](CO)[C@@H](O)[C@H](O)[C@H]3O)CC[C@@H]12. The third kappa shape index (κ3) is 4.38. The van der Waals surface area contributed by atoms with Crippen LogP contribution in [0, 0.1) is 28.1 Å². The average Bonchev–Trinajstić information content (AvgIpc) is 2.85. The number of hydrogen-bond acceptors (Lipinski definition) is 10. The predicted molar refractivity (Wildman–Crippen MR) is 126 cm³/mol. The molecule has 12 atom stereocenters. The van der Waals surface area contributed by atoms with Gasteiger partial charge in [-0.15, -0.1) is 0 Å². The standard InChI is InChI=1S/C26H42O10/c1-24(18(30)11-35-23-21(33)20(32)19(31)16(10-27)36-23)7-6-14-13(8-24)4-5-17-25(14,2)9-15(29)22(34)26(17,3)12-28/h8,14-17,19-23,27-29,31-34H,4-7,9-12H2,1-3H3/t14-,15+,16+,17+,19+,20-,21+,22+,23+,24+,25+,26+/m0/s1. The smallest absolute Gasteiger partial charge is 0.187 e. The molecule has 4 aliphatic rings. The second-order valence-corrected chi connectivity index (χ2v) is 12.1. The zero-order chi connectivity index (χ0) is 26.6. The molecule has 0 aromatic rings. The molecule has 0 amide bonds. The Hall–Kier alpha value is -0.950. The van der Waals surface area contributed by atoms with Crippen LogP contribution in [-0.2, 0) is 14.3 Å². The van der Waals surface area contributed by atoms with Crippen molar-refractivity contribution in [2.24, 2.45) is 28.1 Å². The van der Waals surface area contributed by atoms with Gasteiger partial charge in [-0.3, -0.25) is 4.79 Å². The number of ketones is 1. The van der Waals surface area contributed by atoms with E-state index in [1.54, 1.807) is 0 Å². The first-order valence-corrected chi connectivity index (χ1v) is 13.0. The van der Waals surface area contributed by atoms with Gasteiger partial charge in [-0.2, -0.15) is 0 Å². The summed E-state index contributed by atoms with van der Waals surface area (Å²) in [6.45, 7) is 4.67. The second kappa shape index (κ2) is 9.98. The van der Waals surface area contributed by atoms with E-state index >= 15 is 0 Å². The first-order valence-electron chi connectivity index (χ1n) is 13.0. The summed E-state index contributed by atoms with van der Waals surface area (Å²) >= 11 is 0. The van der Waals surface area contributed by atoms with Crippen LogP contribution in [0.15, 0.2) is 11.6 Å². The molecule has 0 bridgehead atoms. The third-order valence-electron chi connectivity index (χ3n) is 9.91. The average molecular weight is 515 g/mol. The highest BCUT2D eigenvalue weighted by Gasteiger charge is 2.61. The van der Waals surface area contributed by atoms with E-state index in [1.807, 2.05) is 19.9 Å². The Balaban J connectivity index is 1.48. The van der Waals surface area contributed by atoms with E-state index in [1.165, 1.54) is 0 Å². The maximum Gasteiger partial charge on any atom is 0.187 e. The van der Waals surface area contributed by atoms with E-state index in [0.717, 1.165) is 18.4 Å². The summed E-state index contributed by atoms with van der Waals surface area (Å²) < 4.78 is 10.9. The number of aliphatic hydroxyl groups is 7. The zero-order valence-corrected chi connectivity index (χ0v) is 21.3. The normalized spacial score (nSPS) is 51.2. The minimum Gasteiger partial charge on any atom is -0.396 e. The van der Waals surface area contributed by atoms with Gasteiger partial charge < -0.3 is 45.2 Å². The van der Waals surface area contributed by atoms with Gasteiger partial charge in [-0.1, -0.05) is 25.5 Å². The van der Waals surface area contributed by atoms with Crippen LogP contribution in [0.25, 0.3) is 0 Å². The largest absolute Gasteiger partial charge is 0.396 e. The Bertz CT molecular complexity index is 862. The number of allylic oxidation sites excluding steroid dienone is 2. The van der Waals surface area contributed by atoms with Gasteiger partial charge in [0.2, 0.25) is 0 Å². The lowest BCUT2D eigenvalue weighted by molar-refractivity contribution is -0.299. The van der Waals surface area contributed by atoms with Gasteiger partial charge in [0.1, 0.15) is 31.0 Å². The van der Waals surface area contributed by atoms with Crippen LogP contribution in [0.1, 0.15) is 52.9 Å². The van der Waals surface area contributed by atoms with Gasteiger partial charge in [0.05, 0.1) is 25.4 Å². The number of carbonyl (C=O) groups is 1. The molecule has 1 heterocycles. The van der Waals surface area contributed by atoms with Crippen molar-refractivity contribution in [3.8, 4) is 0 Å². The summed E-state index contributed by atoms with van der Waals surface area (Å²) in [6.07, 6.45) is -3.84. The predicted octanol–water partition coefficient (Wildman–Crippen LogP) is -0.745. The highest BCUT2D eigenvalue weighted by atomic mass is 16.7. The van der Waals surface area contributed by atoms with Crippen molar-refractivity contribution in [3.05, 3.63) is 11.6 Å². The maximum atomic E-state index is 13.3. The van der Waals surface area contributed by atoms with Crippen LogP contribution in [0.3, 0.4) is 0 Å². The molecular formula is C26H42O10. The summed E-state index contributed by atoms with van der Waals surface area (Å²) in [5, 5.41) is 71.0. The molecule has 7 N–H and O–H groups in total. The molecule has 0 aromatic carbocycles. The van der Waals surface area contributed by atoms with Crippen molar-refractivity contribution in [1.82, 2.24) is 0 Å². The maximum absolute atomic E-state index is 13.3. The number of hydrogen-bond donors (Lipinski definition) is 7. The number of rotatable bonds is 6. The molecule has 4 rings (SSSR count). The molecule has 3 aliphatic carbocycles. The van der Waals surface area contributed by atoms with Crippen LogP contribution in [0.5, 0.6) is 0 Å². The van der Waals surface area contributed by atoms with Crippen molar-refractivity contribution >= 4 is 5.78 Å².